The van der Waals surface area contributed by atoms with Gasteiger partial charge in [-0.05, 0) is 12.8 Å². The van der Waals surface area contributed by atoms with Crippen LogP contribution in [0.25, 0.3) is 10.6 Å². The van der Waals surface area contributed by atoms with Crippen LogP contribution in [0.5, 0.6) is 0 Å². The molecule has 17 heavy (non-hydrogen) atoms. The molecule has 0 heterocycles. The first-order chi connectivity index (χ1) is 8.03. The minimum absolute atomic E-state index is 0.00231. The summed E-state index contributed by atoms with van der Waals surface area (Å²) in [6.45, 7) is 8.56. The average Bonchev–Trinajstić information content (AvgIpc) is 2.31. The predicted octanol–water partition coefficient (Wildman–Crippen LogP) is 3.47. The number of rotatable bonds is 4. The summed E-state index contributed by atoms with van der Waals surface area (Å²) in [6, 6.07) is 0. The number of hydrogen-bond donors (Lipinski definition) is 0. The van der Waals surface area contributed by atoms with E-state index in [-0.39, 0.29) is 11.8 Å². The van der Waals surface area contributed by atoms with E-state index in [0.717, 1.165) is 0 Å². The topological polar surface area (TPSA) is 62.3 Å². The molecule has 0 aromatic rings. The van der Waals surface area contributed by atoms with Gasteiger partial charge in [0.15, 0.2) is 0 Å². The van der Waals surface area contributed by atoms with Crippen molar-refractivity contribution >= 4 is 11.8 Å². The molecule has 0 fully saturated rings. The molecule has 102 valence electrons. The van der Waals surface area contributed by atoms with Crippen LogP contribution in [-0.2, 0) is 29.8 Å². The van der Waals surface area contributed by atoms with Crippen molar-refractivity contribution in [3.63, 3.8) is 0 Å². The van der Waals surface area contributed by atoms with Crippen LogP contribution in [-0.4, -0.2) is 24.9 Å². The van der Waals surface area contributed by atoms with E-state index in [1.165, 1.54) is 0 Å². The van der Waals surface area contributed by atoms with Crippen LogP contribution < -0.4 is 0 Å². The fourth-order valence-electron chi connectivity index (χ4n) is 0.576. The van der Waals surface area contributed by atoms with Gasteiger partial charge in [-0.1, -0.05) is 27.7 Å². The Bertz CT molecular complexity index is 166. The molecular formula is C10H20F2N2O2Ti-2. The Hall–Kier alpha value is -0.486. The third kappa shape index (κ3) is 31.3. The van der Waals surface area contributed by atoms with Crippen LogP contribution >= 0.6 is 0 Å². The second-order valence-electron chi connectivity index (χ2n) is 2.51. The molecule has 2 amide bonds. The van der Waals surface area contributed by atoms with Gasteiger partial charge in [0.2, 0.25) is 0 Å². The maximum atomic E-state index is 10.2. The number of hydrogen-bond acceptors (Lipinski definition) is 2. The molecule has 0 N–H and O–H groups in total. The van der Waals surface area contributed by atoms with Gasteiger partial charge in [-0.3, -0.25) is 0 Å². The SMILES string of the molecule is CC[N-]C(=O)CC.CC[N-]C(=O)CC.[F][Ti][F]. The zero-order valence-corrected chi connectivity index (χ0v) is 12.4. The van der Waals surface area contributed by atoms with Crippen molar-refractivity contribution in [1.29, 1.82) is 0 Å². The molecule has 0 bridgehead atoms. The summed E-state index contributed by atoms with van der Waals surface area (Å²) in [5.41, 5.74) is 0. The molecule has 0 unspecified atom stereocenters. The van der Waals surface area contributed by atoms with E-state index >= 15 is 0 Å². The second-order valence-corrected chi connectivity index (χ2v) is 2.74. The Balaban J connectivity index is -0.000000188. The molecule has 0 aliphatic heterocycles. The number of carbonyl (C=O) groups excluding carboxylic acids is 2. The number of carbonyl (C=O) groups is 2. The van der Waals surface area contributed by atoms with Crippen LogP contribution in [0.3, 0.4) is 0 Å². The van der Waals surface area contributed by atoms with E-state index in [1.54, 1.807) is 0 Å². The zero-order chi connectivity index (χ0) is 14.1. The zero-order valence-electron chi connectivity index (χ0n) is 10.8. The van der Waals surface area contributed by atoms with Crippen LogP contribution in [0.15, 0.2) is 0 Å². The summed E-state index contributed by atoms with van der Waals surface area (Å²) < 4.78 is 19.5. The van der Waals surface area contributed by atoms with E-state index in [0.29, 0.717) is 25.9 Å². The van der Waals surface area contributed by atoms with Gasteiger partial charge in [0, 0.05) is 0 Å². The third-order valence-electron chi connectivity index (χ3n) is 1.27. The molecule has 0 rings (SSSR count). The Labute approximate surface area is 112 Å². The number of nitrogens with zero attached hydrogens (tertiary/aromatic N) is 2. The quantitative estimate of drug-likeness (QED) is 0.743. The van der Waals surface area contributed by atoms with E-state index in [2.05, 4.69) is 10.6 Å². The first-order valence-electron chi connectivity index (χ1n) is 5.40. The maximum absolute atomic E-state index is 10.2. The molecule has 0 spiro atoms. The first kappa shape index (κ1) is 21.8. The third-order valence-corrected chi connectivity index (χ3v) is 1.27. The summed E-state index contributed by atoms with van der Waals surface area (Å²) >= 11 is -2.50. The molecule has 0 radical (unpaired) electrons. The Morgan fingerprint density at radius 3 is 1.18 bits per heavy atom. The number of halogens is 2. The second kappa shape index (κ2) is 20.9. The minimum atomic E-state index is -2.50. The van der Waals surface area contributed by atoms with Crippen LogP contribution in [0.2, 0.25) is 0 Å². The van der Waals surface area contributed by atoms with Crippen molar-refractivity contribution in [2.24, 2.45) is 0 Å². The normalized spacial score (nSPS) is 7.65. The van der Waals surface area contributed by atoms with E-state index < -0.39 is 20.2 Å². The monoisotopic (exact) mass is 286 g/mol. The van der Waals surface area contributed by atoms with Gasteiger partial charge in [-0.25, -0.2) is 0 Å². The number of amides is 2. The predicted molar refractivity (Wildman–Crippen MR) is 60.6 cm³/mol. The van der Waals surface area contributed by atoms with Gasteiger partial charge in [-0.2, -0.15) is 0 Å². The molecule has 4 nitrogen and oxygen atoms in total. The molecule has 0 saturated carbocycles. The van der Waals surface area contributed by atoms with Crippen molar-refractivity contribution in [1.82, 2.24) is 0 Å². The van der Waals surface area contributed by atoms with Crippen molar-refractivity contribution < 1.29 is 36.0 Å². The van der Waals surface area contributed by atoms with E-state index in [9.17, 15) is 15.8 Å². The molecular weight excluding hydrogens is 266 g/mol. The van der Waals surface area contributed by atoms with Gasteiger partial charge in [0.25, 0.3) is 0 Å². The molecule has 0 atom stereocenters. The summed E-state index contributed by atoms with van der Waals surface area (Å²) in [6.07, 6.45) is 1.07. The van der Waals surface area contributed by atoms with Crippen LogP contribution in [0, 0.1) is 0 Å². The van der Waals surface area contributed by atoms with Crippen molar-refractivity contribution in [2.45, 2.75) is 40.5 Å². The Kier molecular flexibility index (Phi) is 26.7. The van der Waals surface area contributed by atoms with E-state index in [1.807, 2.05) is 27.7 Å². The fourth-order valence-corrected chi connectivity index (χ4v) is 0.576. The van der Waals surface area contributed by atoms with Crippen LogP contribution in [0.1, 0.15) is 40.5 Å². The molecule has 0 aromatic carbocycles. The molecule has 0 aromatic heterocycles. The van der Waals surface area contributed by atoms with Crippen molar-refractivity contribution in [3.8, 4) is 0 Å². The van der Waals surface area contributed by atoms with Gasteiger partial charge in [0.05, 0.1) is 11.8 Å². The van der Waals surface area contributed by atoms with E-state index in [4.69, 9.17) is 0 Å². The van der Waals surface area contributed by atoms with Gasteiger partial charge in [0.1, 0.15) is 0 Å². The average molecular weight is 286 g/mol. The summed E-state index contributed by atoms with van der Waals surface area (Å²) in [4.78, 5) is 20.5. The van der Waals surface area contributed by atoms with Crippen molar-refractivity contribution in [2.75, 3.05) is 13.1 Å². The van der Waals surface area contributed by atoms with Gasteiger partial charge >= 0.3 is 26.4 Å². The van der Waals surface area contributed by atoms with Gasteiger partial charge < -0.3 is 20.2 Å². The molecule has 7 heteroatoms. The van der Waals surface area contributed by atoms with Crippen molar-refractivity contribution in [3.05, 3.63) is 10.6 Å². The van der Waals surface area contributed by atoms with Crippen LogP contribution in [0.4, 0.5) is 6.18 Å². The molecule has 0 aliphatic rings. The first-order valence-corrected chi connectivity index (χ1v) is 6.58. The Morgan fingerprint density at radius 2 is 1.12 bits per heavy atom. The summed E-state index contributed by atoms with van der Waals surface area (Å²) in [5, 5.41) is 7.21. The standard InChI is InChI=1S/2C5H11NO.2FH.Ti/c2*1-3-5(7)6-4-2;;;/h2*3-4H2,1-2H3,(H,6,7);2*1H;/q;;;;+2/p-4. The fraction of sp³-hybridized carbons (Fsp3) is 0.800. The summed E-state index contributed by atoms with van der Waals surface area (Å²) in [7, 11) is 0. The Morgan fingerprint density at radius 1 is 0.882 bits per heavy atom. The molecule has 0 saturated heterocycles. The summed E-state index contributed by atoms with van der Waals surface area (Å²) in [5.74, 6) is 0.00463. The van der Waals surface area contributed by atoms with Gasteiger partial charge in [-0.15, -0.1) is 13.1 Å². The molecule has 0 aliphatic carbocycles.